The molecule has 3 aliphatic carbocycles. The number of carboxylic acid groups (broad SMARTS) is 1. The molecule has 86 valence electrons. The minimum atomic E-state index is -0.726. The second kappa shape index (κ2) is 2.76. The Labute approximate surface area is 90.5 Å². The number of aliphatic hydroxyl groups is 1. The third kappa shape index (κ3) is 1.19. The number of hydrogen-bond donors (Lipinski definition) is 2. The number of aliphatic carboxylic acids is 1. The number of fused-ring (bicyclic) bond motifs is 3. The van der Waals surface area contributed by atoms with Gasteiger partial charge in [0.15, 0.2) is 0 Å². The maximum Gasteiger partial charge on any atom is 0.309 e. The van der Waals surface area contributed by atoms with Crippen molar-refractivity contribution >= 4 is 5.97 Å². The second-order valence-corrected chi connectivity index (χ2v) is 6.28. The Hall–Kier alpha value is -0.570. The molecule has 3 rings (SSSR count). The first-order valence-corrected chi connectivity index (χ1v) is 5.65. The molecule has 3 saturated carbocycles. The van der Waals surface area contributed by atoms with Crippen molar-refractivity contribution in [1.29, 1.82) is 0 Å². The SMILES string of the molecule is CC1(C)C[C@@]2(C(=O)O)CC[C@@]1(C)[C@H](O)C2. The molecule has 2 bridgehead atoms. The van der Waals surface area contributed by atoms with Gasteiger partial charge in [0.2, 0.25) is 0 Å². The number of aliphatic hydroxyl groups excluding tert-OH is 1. The fourth-order valence-electron chi connectivity index (χ4n) is 3.63. The molecule has 3 fully saturated rings. The van der Waals surface area contributed by atoms with E-state index in [4.69, 9.17) is 0 Å². The van der Waals surface area contributed by atoms with Crippen molar-refractivity contribution < 1.29 is 15.0 Å². The predicted molar refractivity (Wildman–Crippen MR) is 56.4 cm³/mol. The lowest BCUT2D eigenvalue weighted by atomic mass is 9.43. The molecular weight excluding hydrogens is 192 g/mol. The van der Waals surface area contributed by atoms with Crippen LogP contribution in [-0.2, 0) is 4.79 Å². The smallest absolute Gasteiger partial charge is 0.309 e. The van der Waals surface area contributed by atoms with Gasteiger partial charge in [0, 0.05) is 0 Å². The van der Waals surface area contributed by atoms with Crippen LogP contribution < -0.4 is 0 Å². The van der Waals surface area contributed by atoms with Gasteiger partial charge in [-0.2, -0.15) is 0 Å². The van der Waals surface area contributed by atoms with E-state index in [9.17, 15) is 15.0 Å². The van der Waals surface area contributed by atoms with E-state index in [1.165, 1.54) is 0 Å². The number of hydrogen-bond acceptors (Lipinski definition) is 2. The average molecular weight is 212 g/mol. The van der Waals surface area contributed by atoms with Crippen LogP contribution in [0.4, 0.5) is 0 Å². The van der Waals surface area contributed by atoms with Gasteiger partial charge in [-0.05, 0) is 36.5 Å². The highest BCUT2D eigenvalue weighted by atomic mass is 16.4. The number of carbonyl (C=O) groups is 1. The van der Waals surface area contributed by atoms with Crippen LogP contribution in [0.5, 0.6) is 0 Å². The van der Waals surface area contributed by atoms with Crippen molar-refractivity contribution in [3.63, 3.8) is 0 Å². The second-order valence-electron chi connectivity index (χ2n) is 6.28. The summed E-state index contributed by atoms with van der Waals surface area (Å²) in [6, 6.07) is 0. The van der Waals surface area contributed by atoms with Gasteiger partial charge in [0.25, 0.3) is 0 Å². The van der Waals surface area contributed by atoms with Gasteiger partial charge in [-0.15, -0.1) is 0 Å². The Morgan fingerprint density at radius 3 is 2.27 bits per heavy atom. The number of rotatable bonds is 1. The number of carboxylic acids is 1. The van der Waals surface area contributed by atoms with Crippen LogP contribution in [0, 0.1) is 16.2 Å². The summed E-state index contributed by atoms with van der Waals surface area (Å²) >= 11 is 0. The molecule has 0 spiro atoms. The summed E-state index contributed by atoms with van der Waals surface area (Å²) in [6.45, 7) is 6.28. The molecule has 0 heterocycles. The molecule has 3 nitrogen and oxygen atoms in total. The summed E-state index contributed by atoms with van der Waals surface area (Å²) in [5.74, 6) is -0.726. The van der Waals surface area contributed by atoms with E-state index < -0.39 is 17.5 Å². The molecule has 2 N–H and O–H groups in total. The molecule has 0 aromatic carbocycles. The zero-order chi connectivity index (χ0) is 11.5. The first-order valence-electron chi connectivity index (χ1n) is 5.65. The Morgan fingerprint density at radius 2 is 1.87 bits per heavy atom. The highest BCUT2D eigenvalue weighted by Gasteiger charge is 2.63. The minimum Gasteiger partial charge on any atom is -0.481 e. The van der Waals surface area contributed by atoms with Crippen LogP contribution in [-0.4, -0.2) is 22.3 Å². The van der Waals surface area contributed by atoms with E-state index in [1.54, 1.807) is 0 Å². The van der Waals surface area contributed by atoms with Crippen molar-refractivity contribution in [3.8, 4) is 0 Å². The Kier molecular flexibility index (Phi) is 2.01. The molecule has 0 saturated heterocycles. The van der Waals surface area contributed by atoms with E-state index in [0.29, 0.717) is 12.8 Å². The average Bonchev–Trinajstić information content (AvgIpc) is 2.08. The fourth-order valence-corrected chi connectivity index (χ4v) is 3.63. The molecule has 0 aromatic rings. The molecule has 0 radical (unpaired) electrons. The molecule has 0 aliphatic heterocycles. The van der Waals surface area contributed by atoms with Gasteiger partial charge in [-0.25, -0.2) is 0 Å². The van der Waals surface area contributed by atoms with Crippen LogP contribution in [0.3, 0.4) is 0 Å². The normalized spacial score (nSPS) is 47.9. The van der Waals surface area contributed by atoms with Gasteiger partial charge in [-0.3, -0.25) is 4.79 Å². The summed E-state index contributed by atoms with van der Waals surface area (Å²) in [5, 5.41) is 19.5. The third-order valence-electron chi connectivity index (χ3n) is 5.22. The highest BCUT2D eigenvalue weighted by Crippen LogP contribution is 2.65. The van der Waals surface area contributed by atoms with Crippen LogP contribution in [0.15, 0.2) is 0 Å². The lowest BCUT2D eigenvalue weighted by molar-refractivity contribution is -0.201. The largest absolute Gasteiger partial charge is 0.481 e. The Balaban J connectivity index is 2.42. The van der Waals surface area contributed by atoms with Crippen LogP contribution in [0.2, 0.25) is 0 Å². The molecule has 0 aromatic heterocycles. The van der Waals surface area contributed by atoms with Gasteiger partial charge in [0.1, 0.15) is 0 Å². The molecule has 3 atom stereocenters. The summed E-state index contributed by atoms with van der Waals surface area (Å²) in [6.07, 6.45) is 2.21. The molecule has 0 unspecified atom stereocenters. The first-order chi connectivity index (χ1) is 6.74. The fraction of sp³-hybridized carbons (Fsp3) is 0.917. The minimum absolute atomic E-state index is 0.0820. The van der Waals surface area contributed by atoms with Crippen molar-refractivity contribution in [2.24, 2.45) is 16.2 Å². The summed E-state index contributed by atoms with van der Waals surface area (Å²) < 4.78 is 0. The van der Waals surface area contributed by atoms with E-state index >= 15 is 0 Å². The maximum absolute atomic E-state index is 11.4. The van der Waals surface area contributed by atoms with Gasteiger partial charge < -0.3 is 10.2 Å². The third-order valence-corrected chi connectivity index (χ3v) is 5.22. The van der Waals surface area contributed by atoms with Crippen molar-refractivity contribution in [2.45, 2.75) is 52.6 Å². The summed E-state index contributed by atoms with van der Waals surface area (Å²) in [7, 11) is 0. The standard InChI is InChI=1S/C12H20O3/c1-10(2)7-12(9(14)15)5-4-11(10,3)8(13)6-12/h8,13H,4-7H2,1-3H3,(H,14,15)/t8-,11+,12-/m1/s1. The highest BCUT2D eigenvalue weighted by molar-refractivity contribution is 5.75. The predicted octanol–water partition coefficient (Wildman–Crippen LogP) is 2.04. The van der Waals surface area contributed by atoms with Gasteiger partial charge in [-0.1, -0.05) is 20.8 Å². The van der Waals surface area contributed by atoms with Gasteiger partial charge in [0.05, 0.1) is 11.5 Å². The Bertz CT molecular complexity index is 310. The van der Waals surface area contributed by atoms with Crippen LogP contribution in [0.25, 0.3) is 0 Å². The molecule has 15 heavy (non-hydrogen) atoms. The monoisotopic (exact) mass is 212 g/mol. The van der Waals surface area contributed by atoms with Gasteiger partial charge >= 0.3 is 5.97 Å². The molecular formula is C12H20O3. The quantitative estimate of drug-likeness (QED) is 0.699. The zero-order valence-corrected chi connectivity index (χ0v) is 9.71. The first kappa shape index (κ1) is 10.9. The van der Waals surface area contributed by atoms with Crippen LogP contribution in [0.1, 0.15) is 46.5 Å². The van der Waals surface area contributed by atoms with Crippen LogP contribution >= 0.6 is 0 Å². The van der Waals surface area contributed by atoms with E-state index in [1.807, 2.05) is 0 Å². The zero-order valence-electron chi connectivity index (χ0n) is 9.71. The van der Waals surface area contributed by atoms with E-state index in [2.05, 4.69) is 20.8 Å². The lowest BCUT2D eigenvalue weighted by Crippen LogP contribution is -2.61. The summed E-state index contributed by atoms with van der Waals surface area (Å²) in [4.78, 5) is 11.4. The van der Waals surface area contributed by atoms with E-state index in [-0.39, 0.29) is 10.8 Å². The summed E-state index contributed by atoms with van der Waals surface area (Å²) in [5.41, 5.74) is -0.855. The molecule has 3 heteroatoms. The van der Waals surface area contributed by atoms with E-state index in [0.717, 1.165) is 12.8 Å². The topological polar surface area (TPSA) is 57.5 Å². The molecule has 3 aliphatic rings. The maximum atomic E-state index is 11.4. The van der Waals surface area contributed by atoms with Crippen molar-refractivity contribution in [1.82, 2.24) is 0 Å². The van der Waals surface area contributed by atoms with Crippen molar-refractivity contribution in [2.75, 3.05) is 0 Å². The van der Waals surface area contributed by atoms with Crippen molar-refractivity contribution in [3.05, 3.63) is 0 Å². The molecule has 0 amide bonds. The lowest BCUT2D eigenvalue weighted by Gasteiger charge is -2.61. The Morgan fingerprint density at radius 1 is 1.27 bits per heavy atom.